The second kappa shape index (κ2) is 10.7. The molecule has 1 aromatic carbocycles. The van der Waals surface area contributed by atoms with Gasteiger partial charge in [0.1, 0.15) is 18.3 Å². The molecule has 0 bridgehead atoms. The van der Waals surface area contributed by atoms with Crippen LogP contribution in [0.4, 0.5) is 0 Å². The summed E-state index contributed by atoms with van der Waals surface area (Å²) in [6.07, 6.45) is 0.484. The van der Waals surface area contributed by atoms with E-state index in [4.69, 9.17) is 18.9 Å². The van der Waals surface area contributed by atoms with Crippen LogP contribution in [0.5, 0.6) is 5.75 Å². The normalized spacial score (nSPS) is 22.5. The molecule has 0 fully saturated rings. The molecule has 33 heavy (non-hydrogen) atoms. The Bertz CT molecular complexity index is 977. The van der Waals surface area contributed by atoms with Crippen LogP contribution in [-0.4, -0.2) is 51.8 Å². The van der Waals surface area contributed by atoms with E-state index in [1.807, 2.05) is 26.0 Å². The maximum atomic E-state index is 13.6. The molecule has 2 aliphatic rings. The lowest BCUT2D eigenvalue weighted by molar-refractivity contribution is -0.151. The molecule has 3 rings (SSSR count). The third kappa shape index (κ3) is 4.95. The van der Waals surface area contributed by atoms with Crippen molar-refractivity contribution in [2.45, 2.75) is 33.1 Å². The molecule has 1 N–H and O–H groups in total. The van der Waals surface area contributed by atoms with Gasteiger partial charge in [-0.15, -0.1) is 0 Å². The number of allylic oxidation sites excluding steroid dienone is 3. The van der Waals surface area contributed by atoms with Gasteiger partial charge in [0.05, 0.1) is 26.4 Å². The fourth-order valence-corrected chi connectivity index (χ4v) is 4.50. The van der Waals surface area contributed by atoms with E-state index in [-0.39, 0.29) is 24.9 Å². The Hall–Kier alpha value is -3.13. The number of esters is 2. The van der Waals surface area contributed by atoms with E-state index in [1.165, 1.54) is 7.11 Å². The molecule has 0 aromatic heterocycles. The van der Waals surface area contributed by atoms with Crippen molar-refractivity contribution < 1.29 is 33.3 Å². The zero-order chi connectivity index (χ0) is 24.1. The predicted octanol–water partition coefficient (Wildman–Crippen LogP) is 2.89. The van der Waals surface area contributed by atoms with Crippen molar-refractivity contribution in [3.05, 3.63) is 52.4 Å². The van der Waals surface area contributed by atoms with Gasteiger partial charge in [0.2, 0.25) is 0 Å². The molecule has 178 valence electrons. The van der Waals surface area contributed by atoms with E-state index in [1.54, 1.807) is 26.2 Å². The third-order valence-electron chi connectivity index (χ3n) is 6.08. The van der Waals surface area contributed by atoms with Gasteiger partial charge in [0.15, 0.2) is 5.78 Å². The summed E-state index contributed by atoms with van der Waals surface area (Å²) >= 11 is 0. The van der Waals surface area contributed by atoms with Crippen molar-refractivity contribution in [1.29, 1.82) is 0 Å². The van der Waals surface area contributed by atoms with Gasteiger partial charge in [0.25, 0.3) is 0 Å². The Kier molecular flexibility index (Phi) is 7.92. The van der Waals surface area contributed by atoms with Crippen LogP contribution in [0.3, 0.4) is 0 Å². The standard InChI is InChI=1S/C25H31NO7/c1-6-32-11-12-33-25(29)20-15(3)26-18-13-14(2)19(24(28)31-5)23(27)22(18)21(20)16-7-9-17(30-4)10-8-16/h7-10,14,19,21,26H,6,11-13H2,1-5H3/t14-,19-,21+/m0/s1. The number of benzene rings is 1. The molecular weight excluding hydrogens is 426 g/mol. The number of nitrogens with one attached hydrogen (secondary N) is 1. The van der Waals surface area contributed by atoms with Gasteiger partial charge in [0, 0.05) is 29.5 Å². The van der Waals surface area contributed by atoms with Gasteiger partial charge < -0.3 is 24.3 Å². The van der Waals surface area contributed by atoms with Gasteiger partial charge in [-0.2, -0.15) is 0 Å². The topological polar surface area (TPSA) is 100 Å². The summed E-state index contributed by atoms with van der Waals surface area (Å²) in [5, 5.41) is 3.24. The molecule has 3 atom stereocenters. The molecule has 1 aromatic rings. The molecule has 0 amide bonds. The lowest BCUT2D eigenvalue weighted by Gasteiger charge is -2.38. The number of Topliss-reactive ketones (excluding diaryl/α,β-unsaturated/α-hetero) is 1. The first kappa shape index (κ1) is 24.5. The summed E-state index contributed by atoms with van der Waals surface area (Å²) in [6, 6.07) is 7.19. The summed E-state index contributed by atoms with van der Waals surface area (Å²) in [5.41, 5.74) is 2.80. The molecule has 0 saturated heterocycles. The van der Waals surface area contributed by atoms with Crippen LogP contribution in [0.25, 0.3) is 0 Å². The smallest absolute Gasteiger partial charge is 0.336 e. The minimum atomic E-state index is -0.926. The van der Waals surface area contributed by atoms with Crippen molar-refractivity contribution in [1.82, 2.24) is 5.32 Å². The van der Waals surface area contributed by atoms with Crippen LogP contribution < -0.4 is 10.1 Å². The fraction of sp³-hybridized carbons (Fsp3) is 0.480. The second-order valence-electron chi connectivity index (χ2n) is 8.14. The Morgan fingerprint density at radius 1 is 1.12 bits per heavy atom. The van der Waals surface area contributed by atoms with Crippen LogP contribution in [-0.2, 0) is 28.6 Å². The lowest BCUT2D eigenvalue weighted by Crippen LogP contribution is -2.43. The summed E-state index contributed by atoms with van der Waals surface area (Å²) < 4.78 is 20.9. The van der Waals surface area contributed by atoms with E-state index >= 15 is 0 Å². The van der Waals surface area contributed by atoms with E-state index in [0.717, 1.165) is 11.3 Å². The highest BCUT2D eigenvalue weighted by molar-refractivity contribution is 6.12. The largest absolute Gasteiger partial charge is 0.497 e. The molecule has 0 spiro atoms. The molecule has 8 nitrogen and oxygen atoms in total. The second-order valence-corrected chi connectivity index (χ2v) is 8.14. The molecule has 0 unspecified atom stereocenters. The lowest BCUT2D eigenvalue weighted by atomic mass is 9.69. The summed E-state index contributed by atoms with van der Waals surface area (Å²) in [6.45, 7) is 6.41. The summed E-state index contributed by atoms with van der Waals surface area (Å²) in [5.74, 6) is -2.63. The first-order valence-corrected chi connectivity index (χ1v) is 11.1. The average molecular weight is 458 g/mol. The van der Waals surface area contributed by atoms with E-state index in [2.05, 4.69) is 5.32 Å². The Morgan fingerprint density at radius 3 is 2.42 bits per heavy atom. The SMILES string of the molecule is CCOCCOC(=O)C1=C(C)NC2=C(C(=O)[C@@H](C(=O)OC)[C@@H](C)C2)[C@@H]1c1ccc(OC)cc1. The van der Waals surface area contributed by atoms with E-state index in [0.29, 0.717) is 35.6 Å². The molecule has 1 aliphatic carbocycles. The quantitative estimate of drug-likeness (QED) is 0.361. The van der Waals surface area contributed by atoms with Crippen LogP contribution >= 0.6 is 0 Å². The minimum Gasteiger partial charge on any atom is -0.497 e. The van der Waals surface area contributed by atoms with Crippen LogP contribution in [0.2, 0.25) is 0 Å². The van der Waals surface area contributed by atoms with Crippen LogP contribution in [0.1, 0.15) is 38.7 Å². The number of dihydropyridines is 1. The van der Waals surface area contributed by atoms with E-state index in [9.17, 15) is 14.4 Å². The zero-order valence-corrected chi connectivity index (χ0v) is 19.7. The summed E-state index contributed by atoms with van der Waals surface area (Å²) in [7, 11) is 2.84. The van der Waals surface area contributed by atoms with Gasteiger partial charge >= 0.3 is 11.9 Å². The van der Waals surface area contributed by atoms with Gasteiger partial charge in [-0.05, 0) is 43.9 Å². The number of rotatable bonds is 8. The van der Waals surface area contributed by atoms with Crippen molar-refractivity contribution in [3.8, 4) is 5.75 Å². The van der Waals surface area contributed by atoms with Gasteiger partial charge in [-0.3, -0.25) is 9.59 Å². The number of methoxy groups -OCH3 is 2. The van der Waals surface area contributed by atoms with E-state index < -0.39 is 23.8 Å². The Balaban J connectivity index is 2.06. The molecule has 1 aliphatic heterocycles. The maximum absolute atomic E-state index is 13.6. The van der Waals surface area contributed by atoms with Gasteiger partial charge in [-0.25, -0.2) is 4.79 Å². The number of hydrogen-bond acceptors (Lipinski definition) is 8. The first-order chi connectivity index (χ1) is 15.8. The maximum Gasteiger partial charge on any atom is 0.336 e. The molecule has 8 heteroatoms. The highest BCUT2D eigenvalue weighted by Crippen LogP contribution is 2.45. The first-order valence-electron chi connectivity index (χ1n) is 11.1. The number of carbonyl (C=O) groups is 3. The van der Waals surface area contributed by atoms with Crippen molar-refractivity contribution >= 4 is 17.7 Å². The van der Waals surface area contributed by atoms with Crippen molar-refractivity contribution in [2.75, 3.05) is 34.0 Å². The number of carbonyl (C=O) groups excluding carboxylic acids is 3. The minimum absolute atomic E-state index is 0.0977. The molecular formula is C25H31NO7. The van der Waals surface area contributed by atoms with Crippen LogP contribution in [0, 0.1) is 11.8 Å². The fourth-order valence-electron chi connectivity index (χ4n) is 4.50. The predicted molar refractivity (Wildman–Crippen MR) is 120 cm³/mol. The molecule has 1 heterocycles. The number of hydrogen-bond donors (Lipinski definition) is 1. The Labute approximate surface area is 193 Å². The highest BCUT2D eigenvalue weighted by atomic mass is 16.6. The zero-order valence-electron chi connectivity index (χ0n) is 19.7. The average Bonchev–Trinajstić information content (AvgIpc) is 2.80. The van der Waals surface area contributed by atoms with Gasteiger partial charge in [-0.1, -0.05) is 19.1 Å². The number of ether oxygens (including phenoxy) is 4. The molecule has 0 saturated carbocycles. The van der Waals surface area contributed by atoms with Crippen molar-refractivity contribution in [2.24, 2.45) is 11.8 Å². The number of ketones is 1. The highest BCUT2D eigenvalue weighted by Gasteiger charge is 2.47. The van der Waals surface area contributed by atoms with Crippen molar-refractivity contribution in [3.63, 3.8) is 0 Å². The molecule has 0 radical (unpaired) electrons. The van der Waals surface area contributed by atoms with Crippen LogP contribution in [0.15, 0.2) is 46.8 Å². The Morgan fingerprint density at radius 2 is 1.82 bits per heavy atom. The monoisotopic (exact) mass is 457 g/mol. The third-order valence-corrected chi connectivity index (χ3v) is 6.08. The summed E-state index contributed by atoms with van der Waals surface area (Å²) in [4.78, 5) is 39.3.